The van der Waals surface area contributed by atoms with E-state index in [1.54, 1.807) is 36.0 Å². The van der Waals surface area contributed by atoms with E-state index in [1.807, 2.05) is 6.26 Å². The van der Waals surface area contributed by atoms with Gasteiger partial charge in [0, 0.05) is 17.0 Å². The summed E-state index contributed by atoms with van der Waals surface area (Å²) < 4.78 is 26.7. The molecule has 1 aromatic rings. The lowest BCUT2D eigenvalue weighted by Gasteiger charge is -2.13. The molecule has 0 atom stereocenters. The van der Waals surface area contributed by atoms with Gasteiger partial charge in [-0.25, -0.2) is 13.1 Å². The van der Waals surface area contributed by atoms with E-state index in [1.165, 1.54) is 0 Å². The van der Waals surface area contributed by atoms with Crippen molar-refractivity contribution in [2.75, 3.05) is 18.5 Å². The van der Waals surface area contributed by atoms with E-state index >= 15 is 0 Å². The van der Waals surface area contributed by atoms with Crippen LogP contribution >= 0.6 is 11.8 Å². The minimum Gasteiger partial charge on any atom is -0.399 e. The van der Waals surface area contributed by atoms with Crippen molar-refractivity contribution in [3.63, 3.8) is 0 Å². The molecule has 0 heterocycles. The topological polar surface area (TPSA) is 72.2 Å². The molecule has 0 saturated heterocycles. The third-order valence-electron chi connectivity index (χ3n) is 3.19. The van der Waals surface area contributed by atoms with Crippen LogP contribution in [0.5, 0.6) is 0 Å². The number of nitrogens with one attached hydrogen (secondary N) is 1. The maximum absolute atomic E-state index is 11.9. The minimum atomic E-state index is -3.25. The Kier molecular flexibility index (Phi) is 3.89. The van der Waals surface area contributed by atoms with Gasteiger partial charge in [-0.2, -0.15) is 11.8 Å². The van der Waals surface area contributed by atoms with E-state index in [-0.39, 0.29) is 10.5 Å². The molecule has 1 fully saturated rings. The molecule has 0 bridgehead atoms. The summed E-state index contributed by atoms with van der Waals surface area (Å²) in [6, 6.07) is 6.93. The lowest BCUT2D eigenvalue weighted by molar-refractivity contribution is 0.579. The first kappa shape index (κ1) is 13.7. The summed E-state index contributed by atoms with van der Waals surface area (Å²) in [5, 5.41) is 0. The third kappa shape index (κ3) is 3.63. The highest BCUT2D eigenvalue weighted by Crippen LogP contribution is 2.46. The Bertz CT molecular complexity index is 507. The summed E-state index contributed by atoms with van der Waals surface area (Å²) in [5.41, 5.74) is 6.96. The van der Waals surface area contributed by atoms with Crippen molar-refractivity contribution >= 4 is 27.5 Å². The lowest BCUT2D eigenvalue weighted by atomic mass is 10.2. The predicted octanol–water partition coefficient (Wildman–Crippen LogP) is 1.58. The van der Waals surface area contributed by atoms with E-state index in [0.717, 1.165) is 18.4 Å². The summed E-state index contributed by atoms with van der Waals surface area (Å²) in [6.45, 7) is 0.533. The van der Waals surface area contributed by atoms with Gasteiger partial charge in [-0.05, 0) is 36.8 Å². The standard InChI is InChI=1S/C12H18N2O2S2/c1-17-12(6-7-12)9-14-18(15,16)8-10-2-4-11(13)5-3-10/h2-5,14H,6-9,13H2,1H3. The quantitative estimate of drug-likeness (QED) is 0.779. The first-order valence-electron chi connectivity index (χ1n) is 5.82. The number of hydrogen-bond acceptors (Lipinski definition) is 4. The second kappa shape index (κ2) is 5.11. The highest BCUT2D eigenvalue weighted by atomic mass is 32.2. The van der Waals surface area contributed by atoms with Crippen LogP contribution in [0.1, 0.15) is 18.4 Å². The molecule has 1 aliphatic rings. The molecule has 18 heavy (non-hydrogen) atoms. The first-order valence-corrected chi connectivity index (χ1v) is 8.69. The monoisotopic (exact) mass is 286 g/mol. The molecule has 4 nitrogen and oxygen atoms in total. The molecule has 100 valence electrons. The van der Waals surface area contributed by atoms with Gasteiger partial charge >= 0.3 is 0 Å². The van der Waals surface area contributed by atoms with E-state index in [9.17, 15) is 8.42 Å². The zero-order valence-corrected chi connectivity index (χ0v) is 12.0. The molecular formula is C12H18N2O2S2. The molecule has 0 aromatic heterocycles. The predicted molar refractivity (Wildman–Crippen MR) is 77.0 cm³/mol. The summed E-state index contributed by atoms with van der Waals surface area (Å²) in [4.78, 5) is 0. The molecule has 0 amide bonds. The Morgan fingerprint density at radius 3 is 2.44 bits per heavy atom. The normalized spacial score (nSPS) is 17.6. The van der Waals surface area contributed by atoms with Crippen molar-refractivity contribution in [3.05, 3.63) is 29.8 Å². The third-order valence-corrected chi connectivity index (χ3v) is 5.91. The number of thioether (sulfide) groups is 1. The minimum absolute atomic E-state index is 0.0116. The van der Waals surface area contributed by atoms with Gasteiger partial charge in [0.1, 0.15) is 0 Å². The van der Waals surface area contributed by atoms with Crippen LogP contribution in [0.25, 0.3) is 0 Å². The van der Waals surface area contributed by atoms with Gasteiger partial charge in [-0.1, -0.05) is 12.1 Å². The van der Waals surface area contributed by atoms with Crippen molar-refractivity contribution in [3.8, 4) is 0 Å². The molecule has 6 heteroatoms. The summed E-state index contributed by atoms with van der Waals surface area (Å²) in [6.07, 6.45) is 4.22. The van der Waals surface area contributed by atoms with Crippen molar-refractivity contribution < 1.29 is 8.42 Å². The van der Waals surface area contributed by atoms with Crippen LogP contribution in [0.4, 0.5) is 5.69 Å². The van der Waals surface area contributed by atoms with Gasteiger partial charge < -0.3 is 5.73 Å². The van der Waals surface area contributed by atoms with E-state index < -0.39 is 10.0 Å². The summed E-state index contributed by atoms with van der Waals surface area (Å²) >= 11 is 1.74. The van der Waals surface area contributed by atoms with Crippen molar-refractivity contribution in [1.82, 2.24) is 4.72 Å². The molecule has 1 saturated carbocycles. The average Bonchev–Trinajstić information content (AvgIpc) is 3.10. The van der Waals surface area contributed by atoms with Crippen LogP contribution < -0.4 is 10.5 Å². The fourth-order valence-electron chi connectivity index (χ4n) is 1.72. The van der Waals surface area contributed by atoms with E-state index in [4.69, 9.17) is 5.73 Å². The Balaban J connectivity index is 1.93. The molecule has 0 radical (unpaired) electrons. The molecule has 1 aliphatic carbocycles. The van der Waals surface area contributed by atoms with Crippen molar-refractivity contribution in [2.24, 2.45) is 0 Å². The van der Waals surface area contributed by atoms with Crippen LogP contribution in [0.15, 0.2) is 24.3 Å². The number of benzene rings is 1. The number of nitrogen functional groups attached to an aromatic ring is 1. The van der Waals surface area contributed by atoms with Crippen LogP contribution in [-0.4, -0.2) is 26.0 Å². The largest absolute Gasteiger partial charge is 0.399 e. The van der Waals surface area contributed by atoms with E-state index in [0.29, 0.717) is 12.2 Å². The van der Waals surface area contributed by atoms with Gasteiger partial charge in [0.05, 0.1) is 5.75 Å². The van der Waals surface area contributed by atoms with Crippen LogP contribution in [0, 0.1) is 0 Å². The van der Waals surface area contributed by atoms with Gasteiger partial charge in [-0.3, -0.25) is 0 Å². The second-order valence-corrected chi connectivity index (χ2v) is 7.79. The summed E-state index contributed by atoms with van der Waals surface area (Å²) in [7, 11) is -3.25. The van der Waals surface area contributed by atoms with Gasteiger partial charge in [-0.15, -0.1) is 0 Å². The highest BCUT2D eigenvalue weighted by Gasteiger charge is 2.42. The Hall–Kier alpha value is -0.720. The molecule has 1 aromatic carbocycles. The maximum Gasteiger partial charge on any atom is 0.215 e. The number of nitrogens with two attached hydrogens (primary N) is 1. The number of rotatable bonds is 6. The summed E-state index contributed by atoms with van der Waals surface area (Å²) in [5.74, 6) is 0.0116. The molecular weight excluding hydrogens is 268 g/mol. The van der Waals surface area contributed by atoms with Crippen molar-refractivity contribution in [1.29, 1.82) is 0 Å². The smallest absolute Gasteiger partial charge is 0.215 e. The Labute approximate surface area is 112 Å². The van der Waals surface area contributed by atoms with Crippen LogP contribution in [0.2, 0.25) is 0 Å². The van der Waals surface area contributed by atoms with Gasteiger partial charge in [0.2, 0.25) is 10.0 Å². The Morgan fingerprint density at radius 1 is 1.33 bits per heavy atom. The molecule has 0 aliphatic heterocycles. The lowest BCUT2D eigenvalue weighted by Crippen LogP contribution is -2.32. The molecule has 3 N–H and O–H groups in total. The van der Waals surface area contributed by atoms with E-state index in [2.05, 4.69) is 4.72 Å². The average molecular weight is 286 g/mol. The van der Waals surface area contributed by atoms with Crippen molar-refractivity contribution in [2.45, 2.75) is 23.3 Å². The fourth-order valence-corrected chi connectivity index (χ4v) is 3.77. The van der Waals surface area contributed by atoms with Crippen LogP contribution in [-0.2, 0) is 15.8 Å². The number of anilines is 1. The Morgan fingerprint density at radius 2 is 1.94 bits per heavy atom. The second-order valence-electron chi connectivity index (χ2n) is 4.71. The number of hydrogen-bond donors (Lipinski definition) is 2. The molecule has 0 spiro atoms. The van der Waals surface area contributed by atoms with Gasteiger partial charge in [0.15, 0.2) is 0 Å². The molecule has 2 rings (SSSR count). The maximum atomic E-state index is 11.9. The first-order chi connectivity index (χ1) is 8.45. The van der Waals surface area contributed by atoms with Gasteiger partial charge in [0.25, 0.3) is 0 Å². The zero-order chi connectivity index (χ0) is 13.2. The molecule has 0 unspecified atom stereocenters. The highest BCUT2D eigenvalue weighted by molar-refractivity contribution is 8.00. The number of sulfonamides is 1. The SMILES string of the molecule is CSC1(CNS(=O)(=O)Cc2ccc(N)cc2)CC1. The zero-order valence-electron chi connectivity index (χ0n) is 10.3. The fraction of sp³-hybridized carbons (Fsp3) is 0.500. The van der Waals surface area contributed by atoms with Crippen LogP contribution in [0.3, 0.4) is 0 Å².